The highest BCUT2D eigenvalue weighted by molar-refractivity contribution is 5.82. The third-order valence-corrected chi connectivity index (χ3v) is 4.80. The van der Waals surface area contributed by atoms with E-state index < -0.39 is 0 Å². The van der Waals surface area contributed by atoms with E-state index in [1.165, 1.54) is 0 Å². The van der Waals surface area contributed by atoms with Crippen LogP contribution in [0.3, 0.4) is 0 Å². The Bertz CT molecular complexity index is 872. The minimum atomic E-state index is -0.278. The summed E-state index contributed by atoms with van der Waals surface area (Å²) in [6, 6.07) is 7.98. The van der Waals surface area contributed by atoms with Gasteiger partial charge in [0.15, 0.2) is 0 Å². The molecule has 1 saturated heterocycles. The minimum absolute atomic E-state index is 0.278. The third-order valence-electron chi connectivity index (χ3n) is 4.80. The van der Waals surface area contributed by atoms with Gasteiger partial charge in [0.05, 0.1) is 18.9 Å². The van der Waals surface area contributed by atoms with Gasteiger partial charge in [-0.3, -0.25) is 9.69 Å². The standard InChI is InChI=1S/C21H26N4O3/c1-21(2,3)28-16-6-4-5-15(13-16)18-17-7-8-25(14-26)19(17)23-20(22-18)24-9-11-27-12-10-24/h4-6,13-14H,7-12H2,1-3H3. The van der Waals surface area contributed by atoms with Crippen molar-refractivity contribution in [3.63, 3.8) is 0 Å². The Kier molecular flexibility index (Phi) is 4.93. The van der Waals surface area contributed by atoms with E-state index in [4.69, 9.17) is 19.4 Å². The molecule has 0 spiro atoms. The Morgan fingerprint density at radius 2 is 1.93 bits per heavy atom. The summed E-state index contributed by atoms with van der Waals surface area (Å²) >= 11 is 0. The van der Waals surface area contributed by atoms with Gasteiger partial charge in [0.2, 0.25) is 12.4 Å². The Morgan fingerprint density at radius 1 is 1.14 bits per heavy atom. The fraction of sp³-hybridized carbons (Fsp3) is 0.476. The Labute approximate surface area is 165 Å². The van der Waals surface area contributed by atoms with E-state index in [0.717, 1.165) is 48.5 Å². The molecule has 0 N–H and O–H groups in total. The highest BCUT2D eigenvalue weighted by atomic mass is 16.5. The zero-order chi connectivity index (χ0) is 19.7. The smallest absolute Gasteiger partial charge is 0.228 e. The summed E-state index contributed by atoms with van der Waals surface area (Å²) in [5.41, 5.74) is 2.58. The molecule has 4 rings (SSSR count). The summed E-state index contributed by atoms with van der Waals surface area (Å²) in [5, 5.41) is 0. The van der Waals surface area contributed by atoms with Gasteiger partial charge in [0.25, 0.3) is 0 Å². The van der Waals surface area contributed by atoms with Gasteiger partial charge in [-0.2, -0.15) is 4.98 Å². The first-order chi connectivity index (χ1) is 13.4. The molecule has 7 nitrogen and oxygen atoms in total. The molecule has 2 aliphatic heterocycles. The molecule has 0 saturated carbocycles. The summed E-state index contributed by atoms with van der Waals surface area (Å²) in [4.78, 5) is 24.9. The molecular formula is C21H26N4O3. The van der Waals surface area contributed by atoms with Gasteiger partial charge in [-0.05, 0) is 39.3 Å². The van der Waals surface area contributed by atoms with Gasteiger partial charge in [-0.15, -0.1) is 0 Å². The number of hydrogen-bond acceptors (Lipinski definition) is 6. The zero-order valence-electron chi connectivity index (χ0n) is 16.6. The normalized spacial score (nSPS) is 16.8. The number of carbonyl (C=O) groups is 1. The van der Waals surface area contributed by atoms with Crippen LogP contribution in [0.2, 0.25) is 0 Å². The molecule has 3 heterocycles. The van der Waals surface area contributed by atoms with E-state index in [0.29, 0.717) is 31.5 Å². The highest BCUT2D eigenvalue weighted by Crippen LogP contribution is 2.36. The van der Waals surface area contributed by atoms with E-state index in [2.05, 4.69) is 4.90 Å². The summed E-state index contributed by atoms with van der Waals surface area (Å²) in [6.07, 6.45) is 1.60. The molecule has 0 unspecified atom stereocenters. The van der Waals surface area contributed by atoms with Crippen molar-refractivity contribution < 1.29 is 14.3 Å². The first-order valence-electron chi connectivity index (χ1n) is 9.69. The highest BCUT2D eigenvalue weighted by Gasteiger charge is 2.28. The zero-order valence-corrected chi connectivity index (χ0v) is 16.6. The predicted molar refractivity (Wildman–Crippen MR) is 108 cm³/mol. The van der Waals surface area contributed by atoms with Crippen molar-refractivity contribution in [3.8, 4) is 17.0 Å². The lowest BCUT2D eigenvalue weighted by molar-refractivity contribution is -0.107. The quantitative estimate of drug-likeness (QED) is 0.758. The van der Waals surface area contributed by atoms with Crippen molar-refractivity contribution in [1.82, 2.24) is 9.97 Å². The van der Waals surface area contributed by atoms with Gasteiger partial charge < -0.3 is 14.4 Å². The number of aromatic nitrogens is 2. The topological polar surface area (TPSA) is 67.8 Å². The van der Waals surface area contributed by atoms with Crippen molar-refractivity contribution in [2.75, 3.05) is 42.6 Å². The van der Waals surface area contributed by atoms with Crippen molar-refractivity contribution in [2.24, 2.45) is 0 Å². The van der Waals surface area contributed by atoms with Gasteiger partial charge in [0, 0.05) is 30.8 Å². The van der Waals surface area contributed by atoms with Crippen molar-refractivity contribution in [2.45, 2.75) is 32.8 Å². The number of hydrogen-bond donors (Lipinski definition) is 0. The average Bonchev–Trinajstić information content (AvgIpc) is 3.10. The van der Waals surface area contributed by atoms with Gasteiger partial charge in [0.1, 0.15) is 17.2 Å². The molecule has 2 aromatic rings. The van der Waals surface area contributed by atoms with Crippen LogP contribution in [-0.2, 0) is 16.0 Å². The molecule has 7 heteroatoms. The number of morpholine rings is 1. The molecule has 1 aromatic heterocycles. The third kappa shape index (κ3) is 3.80. The van der Waals surface area contributed by atoms with Gasteiger partial charge in [-0.1, -0.05) is 12.1 Å². The molecular weight excluding hydrogens is 356 g/mol. The second-order valence-electron chi connectivity index (χ2n) is 8.06. The van der Waals surface area contributed by atoms with Crippen LogP contribution in [0.15, 0.2) is 24.3 Å². The van der Waals surface area contributed by atoms with E-state index in [1.54, 1.807) is 4.90 Å². The molecule has 0 bridgehead atoms. The van der Waals surface area contributed by atoms with Crippen LogP contribution >= 0.6 is 0 Å². The number of rotatable bonds is 4. The molecule has 2 aliphatic rings. The molecule has 1 aromatic carbocycles. The largest absolute Gasteiger partial charge is 0.488 e. The molecule has 1 fully saturated rings. The molecule has 0 aliphatic carbocycles. The molecule has 0 atom stereocenters. The van der Waals surface area contributed by atoms with Crippen molar-refractivity contribution in [3.05, 3.63) is 29.8 Å². The van der Waals surface area contributed by atoms with Crippen LogP contribution in [0.1, 0.15) is 26.3 Å². The SMILES string of the molecule is CC(C)(C)Oc1cccc(-c2nc(N3CCOCC3)nc3c2CCN3C=O)c1. The van der Waals surface area contributed by atoms with E-state index in [-0.39, 0.29) is 5.60 Å². The van der Waals surface area contributed by atoms with Crippen LogP contribution < -0.4 is 14.5 Å². The first kappa shape index (κ1) is 18.7. The maximum Gasteiger partial charge on any atom is 0.228 e. The van der Waals surface area contributed by atoms with Crippen molar-refractivity contribution in [1.29, 1.82) is 0 Å². The van der Waals surface area contributed by atoms with Crippen LogP contribution in [-0.4, -0.2) is 54.8 Å². The molecule has 148 valence electrons. The maximum atomic E-state index is 11.5. The van der Waals surface area contributed by atoms with Crippen LogP contribution in [0.5, 0.6) is 5.75 Å². The van der Waals surface area contributed by atoms with Gasteiger partial charge in [-0.25, -0.2) is 4.98 Å². The summed E-state index contributed by atoms with van der Waals surface area (Å²) in [6.45, 7) is 9.51. The maximum absolute atomic E-state index is 11.5. The van der Waals surface area contributed by atoms with E-state index in [9.17, 15) is 4.79 Å². The summed E-state index contributed by atoms with van der Waals surface area (Å²) in [5.74, 6) is 2.16. The molecule has 0 radical (unpaired) electrons. The number of fused-ring (bicyclic) bond motifs is 1. The number of amides is 1. The number of carbonyl (C=O) groups excluding carboxylic acids is 1. The second kappa shape index (κ2) is 7.39. The predicted octanol–water partition coefficient (Wildman–Crippen LogP) is 2.68. The van der Waals surface area contributed by atoms with Crippen LogP contribution in [0.25, 0.3) is 11.3 Å². The van der Waals surface area contributed by atoms with Crippen LogP contribution in [0, 0.1) is 0 Å². The molecule has 28 heavy (non-hydrogen) atoms. The minimum Gasteiger partial charge on any atom is -0.488 e. The lowest BCUT2D eigenvalue weighted by Gasteiger charge is -2.28. The Morgan fingerprint density at radius 3 is 2.64 bits per heavy atom. The molecule has 1 amide bonds. The fourth-order valence-electron chi connectivity index (χ4n) is 3.57. The first-order valence-corrected chi connectivity index (χ1v) is 9.69. The Balaban J connectivity index is 1.79. The van der Waals surface area contributed by atoms with E-state index >= 15 is 0 Å². The number of benzene rings is 1. The van der Waals surface area contributed by atoms with Gasteiger partial charge >= 0.3 is 0 Å². The van der Waals surface area contributed by atoms with Crippen molar-refractivity contribution >= 4 is 18.2 Å². The number of ether oxygens (including phenoxy) is 2. The monoisotopic (exact) mass is 382 g/mol. The lowest BCUT2D eigenvalue weighted by atomic mass is 10.0. The van der Waals surface area contributed by atoms with E-state index in [1.807, 2.05) is 45.0 Å². The second-order valence-corrected chi connectivity index (χ2v) is 8.06. The Hall–Kier alpha value is -2.67. The number of anilines is 2. The number of nitrogens with zero attached hydrogens (tertiary/aromatic N) is 4. The lowest BCUT2D eigenvalue weighted by Crippen LogP contribution is -2.37. The average molecular weight is 382 g/mol. The van der Waals surface area contributed by atoms with Crippen LogP contribution in [0.4, 0.5) is 11.8 Å². The summed E-state index contributed by atoms with van der Waals surface area (Å²) in [7, 11) is 0. The summed E-state index contributed by atoms with van der Waals surface area (Å²) < 4.78 is 11.5. The fourth-order valence-corrected chi connectivity index (χ4v) is 3.57.